The molecule has 2 rings (SSSR count). The SMILES string of the molecule is CC1(C)CCC(C(N)c2ccccc2C(F)(F)F)CC1. The Balaban J connectivity index is 2.20. The summed E-state index contributed by atoms with van der Waals surface area (Å²) >= 11 is 0. The van der Waals surface area contributed by atoms with E-state index in [1.807, 2.05) is 0 Å². The molecule has 1 nitrogen and oxygen atoms in total. The molecule has 2 N–H and O–H groups in total. The number of rotatable bonds is 2. The molecule has 4 heteroatoms. The average molecular weight is 285 g/mol. The minimum Gasteiger partial charge on any atom is -0.324 e. The van der Waals surface area contributed by atoms with E-state index in [1.165, 1.54) is 12.1 Å². The molecular weight excluding hydrogens is 263 g/mol. The third kappa shape index (κ3) is 3.35. The van der Waals surface area contributed by atoms with E-state index in [4.69, 9.17) is 5.73 Å². The van der Waals surface area contributed by atoms with Gasteiger partial charge in [-0.3, -0.25) is 0 Å². The van der Waals surface area contributed by atoms with E-state index in [-0.39, 0.29) is 11.5 Å². The Labute approximate surface area is 118 Å². The van der Waals surface area contributed by atoms with Crippen molar-refractivity contribution in [2.75, 3.05) is 0 Å². The predicted molar refractivity (Wildman–Crippen MR) is 74.1 cm³/mol. The molecule has 112 valence electrons. The normalized spacial score (nSPS) is 21.7. The molecule has 1 aromatic rings. The van der Waals surface area contributed by atoms with Crippen LogP contribution in [-0.4, -0.2) is 0 Å². The van der Waals surface area contributed by atoms with Crippen LogP contribution in [0.15, 0.2) is 24.3 Å². The lowest BCUT2D eigenvalue weighted by molar-refractivity contribution is -0.138. The summed E-state index contributed by atoms with van der Waals surface area (Å²) in [5.74, 6) is 0.145. The molecule has 1 saturated carbocycles. The van der Waals surface area contributed by atoms with E-state index in [0.29, 0.717) is 5.41 Å². The Morgan fingerprint density at radius 2 is 1.70 bits per heavy atom. The molecule has 0 radical (unpaired) electrons. The van der Waals surface area contributed by atoms with Gasteiger partial charge in [-0.15, -0.1) is 0 Å². The van der Waals surface area contributed by atoms with Crippen molar-refractivity contribution in [3.8, 4) is 0 Å². The topological polar surface area (TPSA) is 26.0 Å². The molecule has 0 saturated heterocycles. The van der Waals surface area contributed by atoms with Crippen molar-refractivity contribution in [2.45, 2.75) is 51.7 Å². The van der Waals surface area contributed by atoms with Crippen LogP contribution in [-0.2, 0) is 6.18 Å². The highest BCUT2D eigenvalue weighted by Crippen LogP contribution is 2.44. The summed E-state index contributed by atoms with van der Waals surface area (Å²) in [5.41, 5.74) is 6.10. The quantitative estimate of drug-likeness (QED) is 0.820. The van der Waals surface area contributed by atoms with Crippen molar-refractivity contribution in [2.24, 2.45) is 17.1 Å². The molecule has 1 aliphatic carbocycles. The van der Waals surface area contributed by atoms with Gasteiger partial charge in [0.2, 0.25) is 0 Å². The van der Waals surface area contributed by atoms with Crippen molar-refractivity contribution in [1.82, 2.24) is 0 Å². The number of nitrogens with two attached hydrogens (primary N) is 1. The molecular formula is C16H22F3N. The van der Waals surface area contributed by atoms with E-state index in [1.54, 1.807) is 6.07 Å². The molecule has 1 aromatic carbocycles. The number of halogens is 3. The number of hydrogen-bond acceptors (Lipinski definition) is 1. The smallest absolute Gasteiger partial charge is 0.324 e. The van der Waals surface area contributed by atoms with Crippen LogP contribution in [0.1, 0.15) is 56.7 Å². The third-order valence-corrected chi connectivity index (χ3v) is 4.52. The zero-order valence-electron chi connectivity index (χ0n) is 12.0. The maximum Gasteiger partial charge on any atom is 0.416 e. The van der Waals surface area contributed by atoms with Gasteiger partial charge in [0.15, 0.2) is 0 Å². The lowest BCUT2D eigenvalue weighted by atomic mass is 9.70. The second kappa shape index (κ2) is 5.40. The second-order valence-electron chi connectivity index (χ2n) is 6.61. The summed E-state index contributed by atoms with van der Waals surface area (Å²) in [5, 5.41) is 0. The van der Waals surface area contributed by atoms with E-state index in [0.717, 1.165) is 31.7 Å². The van der Waals surface area contributed by atoms with E-state index >= 15 is 0 Å². The summed E-state index contributed by atoms with van der Waals surface area (Å²) in [6, 6.07) is 5.18. The first kappa shape index (κ1) is 15.4. The molecule has 1 atom stereocenters. The van der Waals surface area contributed by atoms with E-state index in [9.17, 15) is 13.2 Å². The summed E-state index contributed by atoms with van der Waals surface area (Å²) in [7, 11) is 0. The second-order valence-corrected chi connectivity index (χ2v) is 6.61. The van der Waals surface area contributed by atoms with E-state index in [2.05, 4.69) is 13.8 Å². The Bertz CT molecular complexity index is 455. The lowest BCUT2D eigenvalue weighted by Crippen LogP contribution is -2.30. The molecule has 0 amide bonds. The van der Waals surface area contributed by atoms with E-state index < -0.39 is 17.8 Å². The summed E-state index contributed by atoms with van der Waals surface area (Å²) in [6.45, 7) is 4.41. The Kier molecular flexibility index (Phi) is 4.14. The fourth-order valence-electron chi connectivity index (χ4n) is 3.08. The largest absolute Gasteiger partial charge is 0.416 e. The van der Waals surface area contributed by atoms with Crippen LogP contribution in [0.4, 0.5) is 13.2 Å². The molecule has 20 heavy (non-hydrogen) atoms. The maximum absolute atomic E-state index is 13.0. The molecule has 0 spiro atoms. The minimum absolute atomic E-state index is 0.145. The van der Waals surface area contributed by atoms with Crippen LogP contribution in [0.2, 0.25) is 0 Å². The number of alkyl halides is 3. The molecule has 1 aliphatic rings. The van der Waals surface area contributed by atoms with Crippen LogP contribution in [0, 0.1) is 11.3 Å². The molecule has 0 aliphatic heterocycles. The molecule has 0 aromatic heterocycles. The maximum atomic E-state index is 13.0. The van der Waals surface area contributed by atoms with Gasteiger partial charge in [0.25, 0.3) is 0 Å². The monoisotopic (exact) mass is 285 g/mol. The van der Waals surface area contributed by atoms with Crippen LogP contribution < -0.4 is 5.73 Å². The van der Waals surface area contributed by atoms with Gasteiger partial charge in [-0.1, -0.05) is 32.0 Å². The van der Waals surface area contributed by atoms with Gasteiger partial charge >= 0.3 is 6.18 Å². The number of hydrogen-bond donors (Lipinski definition) is 1. The Morgan fingerprint density at radius 3 is 2.25 bits per heavy atom. The molecule has 1 unspecified atom stereocenters. The van der Waals surface area contributed by atoms with Crippen LogP contribution in [0.3, 0.4) is 0 Å². The molecule has 0 bridgehead atoms. The summed E-state index contributed by atoms with van der Waals surface area (Å²) in [6.07, 6.45) is -0.470. The average Bonchev–Trinajstić information content (AvgIpc) is 2.37. The van der Waals surface area contributed by atoms with Crippen molar-refractivity contribution in [3.05, 3.63) is 35.4 Å². The zero-order valence-corrected chi connectivity index (χ0v) is 12.0. The van der Waals surface area contributed by atoms with Crippen LogP contribution in [0.5, 0.6) is 0 Å². The lowest BCUT2D eigenvalue weighted by Gasteiger charge is -2.37. The van der Waals surface area contributed by atoms with Crippen LogP contribution >= 0.6 is 0 Å². The standard InChI is InChI=1S/C16H22F3N/c1-15(2)9-7-11(8-10-15)14(20)12-5-3-4-6-13(12)16(17,18)19/h3-6,11,14H,7-10,20H2,1-2H3. The van der Waals surface area contributed by atoms with Crippen molar-refractivity contribution >= 4 is 0 Å². The van der Waals surface area contributed by atoms with Crippen molar-refractivity contribution < 1.29 is 13.2 Å². The van der Waals surface area contributed by atoms with Gasteiger partial charge in [-0.05, 0) is 48.6 Å². The summed E-state index contributed by atoms with van der Waals surface area (Å²) < 4.78 is 39.1. The Hall–Kier alpha value is -1.03. The fraction of sp³-hybridized carbons (Fsp3) is 0.625. The number of benzene rings is 1. The first-order valence-electron chi connectivity index (χ1n) is 7.12. The van der Waals surface area contributed by atoms with Crippen LogP contribution in [0.25, 0.3) is 0 Å². The van der Waals surface area contributed by atoms with Gasteiger partial charge in [-0.25, -0.2) is 0 Å². The minimum atomic E-state index is -4.33. The Morgan fingerprint density at radius 1 is 1.15 bits per heavy atom. The third-order valence-electron chi connectivity index (χ3n) is 4.52. The highest BCUT2D eigenvalue weighted by atomic mass is 19.4. The van der Waals surface area contributed by atoms with Crippen molar-refractivity contribution in [1.29, 1.82) is 0 Å². The zero-order chi connectivity index (χ0) is 15.0. The summed E-state index contributed by atoms with van der Waals surface area (Å²) in [4.78, 5) is 0. The van der Waals surface area contributed by atoms with Gasteiger partial charge in [0.05, 0.1) is 5.56 Å². The van der Waals surface area contributed by atoms with Gasteiger partial charge in [-0.2, -0.15) is 13.2 Å². The fourth-order valence-corrected chi connectivity index (χ4v) is 3.08. The van der Waals surface area contributed by atoms with Gasteiger partial charge < -0.3 is 5.73 Å². The van der Waals surface area contributed by atoms with Gasteiger partial charge in [0.1, 0.15) is 0 Å². The van der Waals surface area contributed by atoms with Gasteiger partial charge in [0, 0.05) is 6.04 Å². The van der Waals surface area contributed by atoms with Crippen molar-refractivity contribution in [3.63, 3.8) is 0 Å². The first-order chi connectivity index (χ1) is 9.21. The first-order valence-corrected chi connectivity index (χ1v) is 7.12. The molecule has 1 fully saturated rings. The molecule has 0 heterocycles. The highest BCUT2D eigenvalue weighted by Gasteiger charge is 2.37. The highest BCUT2D eigenvalue weighted by molar-refractivity contribution is 5.32. The predicted octanol–water partition coefficient (Wildman–Crippen LogP) is 4.92.